The van der Waals surface area contributed by atoms with Crippen LogP contribution in [-0.4, -0.2) is 20.4 Å². The van der Waals surface area contributed by atoms with Crippen molar-refractivity contribution >= 4 is 23.2 Å². The molecule has 0 heterocycles. The summed E-state index contributed by atoms with van der Waals surface area (Å²) in [6.45, 7) is 7.82. The SMILES string of the molecule is Cc1cc(CCl)c(O)c(Cc2cc(C)cc(Cc3cc(C)cc(Cc4cc(C)cc(CCl)c4O)c3O)c2O)c1. The Hall–Kier alpha value is -3.34. The smallest absolute Gasteiger partial charge is 0.123 e. The molecule has 4 nitrogen and oxygen atoms in total. The second-order valence-corrected chi connectivity index (χ2v) is 11.1. The van der Waals surface area contributed by atoms with Crippen molar-refractivity contribution in [3.05, 3.63) is 115 Å². The first-order chi connectivity index (χ1) is 18.5. The van der Waals surface area contributed by atoms with Gasteiger partial charge in [-0.25, -0.2) is 0 Å². The third-order valence-electron chi connectivity index (χ3n) is 7.08. The van der Waals surface area contributed by atoms with Crippen molar-refractivity contribution in [2.24, 2.45) is 0 Å². The zero-order valence-electron chi connectivity index (χ0n) is 22.7. The van der Waals surface area contributed by atoms with Crippen molar-refractivity contribution < 1.29 is 20.4 Å². The fraction of sp³-hybridized carbons (Fsp3) is 0.273. The maximum atomic E-state index is 11.3. The van der Waals surface area contributed by atoms with E-state index in [9.17, 15) is 20.4 Å². The van der Waals surface area contributed by atoms with Crippen molar-refractivity contribution in [2.75, 3.05) is 0 Å². The molecule has 39 heavy (non-hydrogen) atoms. The van der Waals surface area contributed by atoms with E-state index in [1.165, 1.54) is 0 Å². The van der Waals surface area contributed by atoms with Crippen LogP contribution >= 0.6 is 23.2 Å². The molecule has 0 spiro atoms. The number of hydrogen-bond donors (Lipinski definition) is 4. The van der Waals surface area contributed by atoms with Crippen molar-refractivity contribution in [1.82, 2.24) is 0 Å². The molecule has 0 saturated carbocycles. The topological polar surface area (TPSA) is 80.9 Å². The fourth-order valence-corrected chi connectivity index (χ4v) is 5.77. The van der Waals surface area contributed by atoms with Crippen LogP contribution in [0.15, 0.2) is 48.5 Å². The second kappa shape index (κ2) is 11.8. The molecular weight excluding hydrogens is 531 g/mol. The lowest BCUT2D eigenvalue weighted by atomic mass is 9.91. The number of phenols is 4. The molecule has 4 aromatic carbocycles. The second-order valence-electron chi connectivity index (χ2n) is 10.5. The molecule has 204 valence electrons. The van der Waals surface area contributed by atoms with Gasteiger partial charge < -0.3 is 20.4 Å². The highest BCUT2D eigenvalue weighted by atomic mass is 35.5. The minimum atomic E-state index is 0.138. The number of rotatable bonds is 8. The summed E-state index contributed by atoms with van der Waals surface area (Å²) in [5.41, 5.74) is 9.38. The molecule has 0 aliphatic rings. The van der Waals surface area contributed by atoms with Gasteiger partial charge in [-0.1, -0.05) is 70.8 Å². The van der Waals surface area contributed by atoms with Crippen LogP contribution in [0.1, 0.15) is 66.8 Å². The van der Waals surface area contributed by atoms with Crippen LogP contribution < -0.4 is 0 Å². The van der Waals surface area contributed by atoms with E-state index in [0.29, 0.717) is 63.8 Å². The Morgan fingerprint density at radius 3 is 0.769 bits per heavy atom. The molecule has 0 fully saturated rings. The number of halogens is 2. The van der Waals surface area contributed by atoms with Gasteiger partial charge >= 0.3 is 0 Å². The Bertz CT molecular complexity index is 1430. The Kier molecular flexibility index (Phi) is 8.68. The Balaban J connectivity index is 1.70. The van der Waals surface area contributed by atoms with Gasteiger partial charge in [-0.2, -0.15) is 0 Å². The zero-order chi connectivity index (χ0) is 28.4. The summed E-state index contributed by atoms with van der Waals surface area (Å²) >= 11 is 12.0. The van der Waals surface area contributed by atoms with Gasteiger partial charge in [0, 0.05) is 30.4 Å². The van der Waals surface area contributed by atoms with Crippen LogP contribution in [0.2, 0.25) is 0 Å². The highest BCUT2D eigenvalue weighted by molar-refractivity contribution is 6.17. The molecule has 0 saturated heterocycles. The maximum Gasteiger partial charge on any atom is 0.123 e. The van der Waals surface area contributed by atoms with E-state index >= 15 is 0 Å². The number of hydrogen-bond acceptors (Lipinski definition) is 4. The molecule has 0 unspecified atom stereocenters. The van der Waals surface area contributed by atoms with Crippen molar-refractivity contribution in [1.29, 1.82) is 0 Å². The summed E-state index contributed by atoms with van der Waals surface area (Å²) in [7, 11) is 0. The summed E-state index contributed by atoms with van der Waals surface area (Å²) < 4.78 is 0. The van der Waals surface area contributed by atoms with E-state index in [2.05, 4.69) is 0 Å². The summed E-state index contributed by atoms with van der Waals surface area (Å²) in [6.07, 6.45) is 1.01. The molecule has 0 radical (unpaired) electrons. The number of benzene rings is 4. The predicted molar refractivity (Wildman–Crippen MR) is 159 cm³/mol. The average Bonchev–Trinajstić information content (AvgIpc) is 2.88. The fourth-order valence-electron chi connectivity index (χ4n) is 5.36. The Morgan fingerprint density at radius 2 is 0.564 bits per heavy atom. The van der Waals surface area contributed by atoms with Crippen LogP contribution in [-0.2, 0) is 31.0 Å². The number of aromatic hydroxyl groups is 4. The van der Waals surface area contributed by atoms with Gasteiger partial charge in [-0.3, -0.25) is 0 Å². The van der Waals surface area contributed by atoms with Gasteiger partial charge in [0.25, 0.3) is 0 Å². The van der Waals surface area contributed by atoms with Crippen LogP contribution in [0, 0.1) is 27.7 Å². The lowest BCUT2D eigenvalue weighted by Crippen LogP contribution is -2.00. The van der Waals surface area contributed by atoms with E-state index in [1.807, 2.05) is 76.2 Å². The number of phenolic OH excluding ortho intramolecular Hbond substituents is 4. The third kappa shape index (κ3) is 6.29. The van der Waals surface area contributed by atoms with Gasteiger partial charge in [0.2, 0.25) is 0 Å². The molecule has 4 rings (SSSR count). The third-order valence-corrected chi connectivity index (χ3v) is 7.66. The normalized spacial score (nSPS) is 11.2. The Labute approximate surface area is 240 Å². The molecule has 0 amide bonds. The highest BCUT2D eigenvalue weighted by Gasteiger charge is 2.18. The molecule has 4 aromatic rings. The first kappa shape index (κ1) is 28.7. The van der Waals surface area contributed by atoms with Crippen LogP contribution in [0.4, 0.5) is 0 Å². The van der Waals surface area contributed by atoms with Gasteiger partial charge in [0.05, 0.1) is 11.8 Å². The zero-order valence-corrected chi connectivity index (χ0v) is 24.2. The van der Waals surface area contributed by atoms with Gasteiger partial charge in [-0.15, -0.1) is 23.2 Å². The van der Waals surface area contributed by atoms with Crippen LogP contribution in [0.5, 0.6) is 23.0 Å². The van der Waals surface area contributed by atoms with E-state index < -0.39 is 0 Å². The predicted octanol–water partition coefficient (Wildman–Crippen LogP) is 7.99. The summed E-state index contributed by atoms with van der Waals surface area (Å²) in [5.74, 6) is 0.979. The molecular formula is C33H34Cl2O4. The van der Waals surface area contributed by atoms with Crippen molar-refractivity contribution in [3.8, 4) is 23.0 Å². The Morgan fingerprint density at radius 1 is 0.385 bits per heavy atom. The average molecular weight is 566 g/mol. The largest absolute Gasteiger partial charge is 0.507 e. The van der Waals surface area contributed by atoms with Crippen LogP contribution in [0.25, 0.3) is 0 Å². The van der Waals surface area contributed by atoms with Crippen molar-refractivity contribution in [3.63, 3.8) is 0 Å². The minimum absolute atomic E-state index is 0.138. The molecule has 0 atom stereocenters. The van der Waals surface area contributed by atoms with E-state index in [1.54, 1.807) is 0 Å². The first-order valence-electron chi connectivity index (χ1n) is 12.9. The standard InChI is InChI=1S/C33H34Cl2O4/c1-18-5-22(30(36)24(7-18)14-26-9-20(3)11-28(16-34)32(26)38)13-23-6-19(2)8-25(31(23)37)15-27-10-21(4)12-29(17-35)33(27)39/h5-12,36-39H,13-17H2,1-4H3. The highest BCUT2D eigenvalue weighted by Crippen LogP contribution is 2.37. The summed E-state index contributed by atoms with van der Waals surface area (Å²) in [6, 6.07) is 15.2. The van der Waals surface area contributed by atoms with Gasteiger partial charge in [0.1, 0.15) is 23.0 Å². The number of alkyl halides is 2. The van der Waals surface area contributed by atoms with Crippen molar-refractivity contribution in [2.45, 2.75) is 58.7 Å². The van der Waals surface area contributed by atoms with E-state index in [0.717, 1.165) is 22.3 Å². The number of aryl methyl sites for hydroxylation is 4. The van der Waals surface area contributed by atoms with Gasteiger partial charge in [-0.05, 0) is 61.1 Å². The molecule has 0 aromatic heterocycles. The molecule has 6 heteroatoms. The molecule has 0 aliphatic heterocycles. The summed E-state index contributed by atoms with van der Waals surface area (Å²) in [4.78, 5) is 0. The monoisotopic (exact) mass is 564 g/mol. The van der Waals surface area contributed by atoms with E-state index in [4.69, 9.17) is 23.2 Å². The molecule has 4 N–H and O–H groups in total. The van der Waals surface area contributed by atoms with E-state index in [-0.39, 0.29) is 34.8 Å². The quantitative estimate of drug-likeness (QED) is 0.163. The lowest BCUT2D eigenvalue weighted by molar-refractivity contribution is 0.453. The lowest BCUT2D eigenvalue weighted by Gasteiger charge is -2.17. The summed E-state index contributed by atoms with van der Waals surface area (Å²) in [5, 5.41) is 44.0. The minimum Gasteiger partial charge on any atom is -0.507 e. The maximum absolute atomic E-state index is 11.3. The molecule has 0 bridgehead atoms. The van der Waals surface area contributed by atoms with Gasteiger partial charge in [0.15, 0.2) is 0 Å². The first-order valence-corrected chi connectivity index (χ1v) is 13.9. The molecule has 0 aliphatic carbocycles. The van der Waals surface area contributed by atoms with Crippen LogP contribution in [0.3, 0.4) is 0 Å².